The van der Waals surface area contributed by atoms with E-state index in [4.69, 9.17) is 0 Å². The van der Waals surface area contributed by atoms with Crippen molar-refractivity contribution in [2.75, 3.05) is 5.32 Å². The molecule has 0 radical (unpaired) electrons. The van der Waals surface area contributed by atoms with Crippen LogP contribution in [0, 0.1) is 0 Å². The van der Waals surface area contributed by atoms with Gasteiger partial charge in [0, 0.05) is 32.1 Å². The molecule has 39 heavy (non-hydrogen) atoms. The normalized spacial score (nSPS) is 14.3. The van der Waals surface area contributed by atoms with Gasteiger partial charge in [-0.05, 0) is 54.5 Å². The molecule has 2 aliphatic carbocycles. The lowest BCUT2D eigenvalue weighted by molar-refractivity contribution is 0.0976. The minimum atomic E-state index is -0.323. The number of carbonyl (C=O) groups excluding carboxylic acids is 3. The predicted octanol–water partition coefficient (Wildman–Crippen LogP) is 8.75. The molecule has 5 heteroatoms. The first-order chi connectivity index (χ1) is 18.7. The Morgan fingerprint density at radius 1 is 0.821 bits per heavy atom. The molecule has 0 saturated carbocycles. The zero-order valence-corrected chi connectivity index (χ0v) is 24.1. The number of thioether (sulfide) groups is 1. The van der Waals surface area contributed by atoms with Crippen LogP contribution in [0.25, 0.3) is 0 Å². The van der Waals surface area contributed by atoms with Gasteiger partial charge < -0.3 is 5.32 Å². The number of anilines is 1. The van der Waals surface area contributed by atoms with Crippen LogP contribution in [0.2, 0.25) is 0 Å². The van der Waals surface area contributed by atoms with Crippen molar-refractivity contribution in [1.82, 2.24) is 0 Å². The average Bonchev–Trinajstić information content (AvgIpc) is 3.21. The van der Waals surface area contributed by atoms with Gasteiger partial charge in [-0.25, -0.2) is 0 Å². The highest BCUT2D eigenvalue weighted by Crippen LogP contribution is 2.41. The van der Waals surface area contributed by atoms with E-state index in [2.05, 4.69) is 44.3 Å². The summed E-state index contributed by atoms with van der Waals surface area (Å²) in [5.41, 5.74) is 3.31. The molecular formula is C34H35NO3S. The molecule has 0 spiro atoms. The Hall–Kier alpha value is -3.70. The lowest BCUT2D eigenvalue weighted by atomic mass is 9.83. The summed E-state index contributed by atoms with van der Waals surface area (Å²) < 4.78 is 0. The van der Waals surface area contributed by atoms with Crippen molar-refractivity contribution < 1.29 is 14.4 Å². The average molecular weight is 538 g/mol. The van der Waals surface area contributed by atoms with Gasteiger partial charge in [0.1, 0.15) is 0 Å². The van der Waals surface area contributed by atoms with E-state index in [1.54, 1.807) is 42.5 Å². The molecule has 1 N–H and O–H groups in total. The van der Waals surface area contributed by atoms with E-state index in [0.29, 0.717) is 32.8 Å². The maximum atomic E-state index is 13.7. The van der Waals surface area contributed by atoms with Crippen molar-refractivity contribution in [3.05, 3.63) is 117 Å². The third kappa shape index (κ3) is 5.99. The molecule has 1 amide bonds. The van der Waals surface area contributed by atoms with Crippen LogP contribution in [0.4, 0.5) is 5.69 Å². The third-order valence-electron chi connectivity index (χ3n) is 6.73. The Balaban J connectivity index is 0.00000172. The summed E-state index contributed by atoms with van der Waals surface area (Å²) in [5, 5.41) is 2.92. The van der Waals surface area contributed by atoms with Crippen molar-refractivity contribution in [1.29, 1.82) is 0 Å². The first-order valence-corrected chi connectivity index (χ1v) is 14.4. The summed E-state index contributed by atoms with van der Waals surface area (Å²) in [4.78, 5) is 42.4. The number of rotatable bonds is 4. The van der Waals surface area contributed by atoms with Gasteiger partial charge in [-0.1, -0.05) is 101 Å². The van der Waals surface area contributed by atoms with E-state index in [1.807, 2.05) is 32.0 Å². The van der Waals surface area contributed by atoms with Gasteiger partial charge >= 0.3 is 0 Å². The fourth-order valence-electron chi connectivity index (χ4n) is 4.65. The molecule has 4 nitrogen and oxygen atoms in total. The van der Waals surface area contributed by atoms with Crippen molar-refractivity contribution in [3.8, 4) is 0 Å². The Morgan fingerprint density at radius 2 is 1.46 bits per heavy atom. The lowest BCUT2D eigenvalue weighted by Crippen LogP contribution is -2.24. The van der Waals surface area contributed by atoms with E-state index >= 15 is 0 Å². The predicted molar refractivity (Wildman–Crippen MR) is 161 cm³/mol. The largest absolute Gasteiger partial charge is 0.321 e. The minimum Gasteiger partial charge on any atom is -0.321 e. The second-order valence-corrected chi connectivity index (χ2v) is 11.5. The molecule has 2 aliphatic rings. The Bertz CT molecular complexity index is 1470. The quantitative estimate of drug-likeness (QED) is 0.283. The monoisotopic (exact) mass is 537 g/mol. The van der Waals surface area contributed by atoms with Gasteiger partial charge in [-0.15, -0.1) is 0 Å². The van der Waals surface area contributed by atoms with E-state index in [-0.39, 0.29) is 28.5 Å². The molecule has 0 atom stereocenters. The molecule has 0 fully saturated rings. The van der Waals surface area contributed by atoms with Gasteiger partial charge in [0.15, 0.2) is 11.6 Å². The molecular weight excluding hydrogens is 502 g/mol. The fraction of sp³-hybridized carbons (Fsp3) is 0.265. The number of hydrogen-bond donors (Lipinski definition) is 1. The molecule has 3 aromatic rings. The second-order valence-electron chi connectivity index (χ2n) is 10.4. The number of hydrogen-bond acceptors (Lipinski definition) is 4. The van der Waals surface area contributed by atoms with Crippen LogP contribution in [0.1, 0.15) is 102 Å². The molecule has 0 bridgehead atoms. The second kappa shape index (κ2) is 12.0. The fourth-order valence-corrected chi connectivity index (χ4v) is 5.70. The van der Waals surface area contributed by atoms with Gasteiger partial charge in [-0.3, -0.25) is 14.4 Å². The molecule has 0 heterocycles. The van der Waals surface area contributed by atoms with Crippen LogP contribution in [-0.4, -0.2) is 17.5 Å². The van der Waals surface area contributed by atoms with E-state index < -0.39 is 0 Å². The zero-order chi connectivity index (χ0) is 28.2. The third-order valence-corrected chi connectivity index (χ3v) is 7.83. The van der Waals surface area contributed by atoms with E-state index in [9.17, 15) is 14.4 Å². The Kier molecular flexibility index (Phi) is 8.71. The van der Waals surface area contributed by atoms with Gasteiger partial charge in [0.2, 0.25) is 0 Å². The van der Waals surface area contributed by atoms with Crippen molar-refractivity contribution >= 4 is 34.9 Å². The number of carbonyl (C=O) groups is 3. The summed E-state index contributed by atoms with van der Waals surface area (Å²) in [6.45, 7) is 10.4. The number of nitrogens with one attached hydrogen (secondary N) is 1. The van der Waals surface area contributed by atoms with Crippen molar-refractivity contribution in [2.45, 2.75) is 64.2 Å². The van der Waals surface area contributed by atoms with Gasteiger partial charge in [0.25, 0.3) is 5.91 Å². The van der Waals surface area contributed by atoms with E-state index in [1.165, 1.54) is 11.8 Å². The molecule has 200 valence electrons. The number of amides is 1. The summed E-state index contributed by atoms with van der Waals surface area (Å²) in [7, 11) is 0. The van der Waals surface area contributed by atoms with E-state index in [0.717, 1.165) is 29.7 Å². The van der Waals surface area contributed by atoms with Crippen LogP contribution >= 0.6 is 11.8 Å². The summed E-state index contributed by atoms with van der Waals surface area (Å²) in [6, 6.07) is 17.9. The smallest absolute Gasteiger partial charge is 0.255 e. The zero-order valence-electron chi connectivity index (χ0n) is 23.3. The minimum absolute atomic E-state index is 0.0241. The summed E-state index contributed by atoms with van der Waals surface area (Å²) in [6.07, 6.45) is 9.45. The number of benzene rings is 3. The highest BCUT2D eigenvalue weighted by Gasteiger charge is 2.34. The molecule has 3 aromatic carbocycles. The molecule has 0 aromatic heterocycles. The topological polar surface area (TPSA) is 63.2 Å². The standard InChI is InChI=1S/C32H29NO3S.C2H6/c1-32(2,3)21-16-14-20(15-17-21)31(36)33-25-18-19-26(37-22-10-6-4-5-7-11-22)28-27(25)29(34)23-12-8-9-13-24(23)30(28)35;1-2/h6,8-19H,4-5,7H2,1-3H3,(H,33,36);1-2H3. The van der Waals surface area contributed by atoms with Crippen LogP contribution in [0.5, 0.6) is 0 Å². The Morgan fingerprint density at radius 3 is 2.10 bits per heavy atom. The molecule has 0 saturated heterocycles. The highest BCUT2D eigenvalue weighted by atomic mass is 32.2. The van der Waals surface area contributed by atoms with Crippen molar-refractivity contribution in [3.63, 3.8) is 0 Å². The van der Waals surface area contributed by atoms with Crippen LogP contribution in [-0.2, 0) is 5.41 Å². The van der Waals surface area contributed by atoms with Gasteiger partial charge in [-0.2, -0.15) is 0 Å². The Labute approximate surface area is 235 Å². The number of allylic oxidation sites excluding steroid dienone is 3. The highest BCUT2D eigenvalue weighted by molar-refractivity contribution is 8.03. The van der Waals surface area contributed by atoms with Gasteiger partial charge in [0.05, 0.1) is 11.3 Å². The van der Waals surface area contributed by atoms with Crippen LogP contribution in [0.3, 0.4) is 0 Å². The molecule has 0 unspecified atom stereocenters. The summed E-state index contributed by atoms with van der Waals surface area (Å²) >= 11 is 1.49. The molecule has 5 rings (SSSR count). The first kappa shape index (κ1) is 28.3. The van der Waals surface area contributed by atoms with Crippen LogP contribution in [0.15, 0.2) is 88.7 Å². The maximum absolute atomic E-state index is 13.7. The maximum Gasteiger partial charge on any atom is 0.255 e. The van der Waals surface area contributed by atoms with Crippen LogP contribution < -0.4 is 5.32 Å². The number of fused-ring (bicyclic) bond motifs is 2. The summed E-state index contributed by atoms with van der Waals surface area (Å²) in [5.74, 6) is -0.774. The van der Waals surface area contributed by atoms with Crippen molar-refractivity contribution in [2.24, 2.45) is 0 Å². The SMILES string of the molecule is CC.CC(C)(C)c1ccc(C(=O)Nc2ccc(SC3=CCCCC=C3)c3c2C(=O)c2ccccc2C3=O)cc1. The molecule has 0 aliphatic heterocycles. The lowest BCUT2D eigenvalue weighted by Gasteiger charge is -2.23. The number of ketones is 2. The first-order valence-electron chi connectivity index (χ1n) is 13.6.